The van der Waals surface area contributed by atoms with Gasteiger partial charge in [-0.25, -0.2) is 0 Å². The van der Waals surface area contributed by atoms with Gasteiger partial charge in [0.1, 0.15) is 6.10 Å². The van der Waals surface area contributed by atoms with Crippen LogP contribution in [0.5, 0.6) is 0 Å². The molecule has 1 N–H and O–H groups in total. The molecule has 0 radical (unpaired) electrons. The SMILES string of the molecule is Cc1ccccc1C(O)c1ccc(Br)c(C(F)(F)F)c1. The van der Waals surface area contributed by atoms with Crippen LogP contribution in [0.25, 0.3) is 0 Å². The van der Waals surface area contributed by atoms with Crippen LogP contribution in [0.1, 0.15) is 28.4 Å². The Kier molecular flexibility index (Phi) is 4.20. The first-order valence-electron chi connectivity index (χ1n) is 5.91. The Hall–Kier alpha value is -1.33. The average molecular weight is 345 g/mol. The third-order valence-corrected chi connectivity index (χ3v) is 3.79. The van der Waals surface area contributed by atoms with E-state index < -0.39 is 17.8 Å². The number of aryl methyl sites for hydroxylation is 1. The number of aliphatic hydroxyl groups excluding tert-OH is 1. The summed E-state index contributed by atoms with van der Waals surface area (Å²) in [5.41, 5.74) is 0.858. The Bertz CT molecular complexity index is 623. The van der Waals surface area contributed by atoms with E-state index in [-0.39, 0.29) is 10.0 Å². The number of hydrogen-bond donors (Lipinski definition) is 1. The van der Waals surface area contributed by atoms with Crippen molar-refractivity contribution in [2.45, 2.75) is 19.2 Å². The fourth-order valence-electron chi connectivity index (χ4n) is 2.00. The first-order chi connectivity index (χ1) is 9.30. The molecule has 20 heavy (non-hydrogen) atoms. The molecule has 5 heteroatoms. The van der Waals surface area contributed by atoms with Gasteiger partial charge in [0.15, 0.2) is 0 Å². The van der Waals surface area contributed by atoms with Gasteiger partial charge in [-0.2, -0.15) is 13.2 Å². The number of alkyl halides is 3. The summed E-state index contributed by atoms with van der Waals surface area (Å²) in [7, 11) is 0. The summed E-state index contributed by atoms with van der Waals surface area (Å²) in [6.45, 7) is 1.81. The second-order valence-corrected chi connectivity index (χ2v) is 5.35. The molecule has 1 nitrogen and oxygen atoms in total. The quantitative estimate of drug-likeness (QED) is 0.824. The van der Waals surface area contributed by atoms with Gasteiger partial charge < -0.3 is 5.11 Å². The van der Waals surface area contributed by atoms with Crippen molar-refractivity contribution in [1.82, 2.24) is 0 Å². The second kappa shape index (κ2) is 5.58. The van der Waals surface area contributed by atoms with E-state index in [4.69, 9.17) is 0 Å². The van der Waals surface area contributed by atoms with Crippen LogP contribution in [0.15, 0.2) is 46.9 Å². The summed E-state index contributed by atoms with van der Waals surface area (Å²) in [6.07, 6.45) is -5.54. The van der Waals surface area contributed by atoms with Crippen LogP contribution in [0.4, 0.5) is 13.2 Å². The summed E-state index contributed by atoms with van der Waals surface area (Å²) in [5.74, 6) is 0. The fraction of sp³-hybridized carbons (Fsp3) is 0.200. The summed E-state index contributed by atoms with van der Waals surface area (Å²) >= 11 is 2.88. The van der Waals surface area contributed by atoms with E-state index in [0.29, 0.717) is 5.56 Å². The van der Waals surface area contributed by atoms with Crippen molar-refractivity contribution < 1.29 is 18.3 Å². The molecule has 0 aliphatic carbocycles. The Balaban J connectivity index is 2.46. The van der Waals surface area contributed by atoms with Gasteiger partial charge in [-0.05, 0) is 35.7 Å². The van der Waals surface area contributed by atoms with Gasteiger partial charge in [0.2, 0.25) is 0 Å². The fourth-order valence-corrected chi connectivity index (χ4v) is 2.47. The van der Waals surface area contributed by atoms with E-state index in [9.17, 15) is 18.3 Å². The van der Waals surface area contributed by atoms with Gasteiger partial charge in [-0.3, -0.25) is 0 Å². The molecule has 2 aromatic rings. The van der Waals surface area contributed by atoms with E-state index in [0.717, 1.165) is 11.6 Å². The minimum absolute atomic E-state index is 0.0364. The van der Waals surface area contributed by atoms with Crippen LogP contribution in [0.3, 0.4) is 0 Å². The lowest BCUT2D eigenvalue weighted by molar-refractivity contribution is -0.138. The minimum atomic E-state index is -4.46. The second-order valence-electron chi connectivity index (χ2n) is 4.50. The van der Waals surface area contributed by atoms with Gasteiger partial charge in [-0.15, -0.1) is 0 Å². The third kappa shape index (κ3) is 3.04. The summed E-state index contributed by atoms with van der Waals surface area (Å²) < 4.78 is 38.6. The lowest BCUT2D eigenvalue weighted by atomic mass is 9.96. The maximum atomic E-state index is 12.9. The molecule has 1 atom stereocenters. The summed E-state index contributed by atoms with van der Waals surface area (Å²) in [6, 6.07) is 10.8. The van der Waals surface area contributed by atoms with Crippen molar-refractivity contribution in [3.8, 4) is 0 Å². The van der Waals surface area contributed by atoms with Gasteiger partial charge in [0.25, 0.3) is 0 Å². The highest BCUT2D eigenvalue weighted by molar-refractivity contribution is 9.10. The van der Waals surface area contributed by atoms with Crippen LogP contribution in [-0.4, -0.2) is 5.11 Å². The number of rotatable bonds is 2. The van der Waals surface area contributed by atoms with Crippen LogP contribution < -0.4 is 0 Å². The normalized spacial score (nSPS) is 13.3. The number of benzene rings is 2. The van der Waals surface area contributed by atoms with E-state index in [1.165, 1.54) is 12.1 Å². The van der Waals surface area contributed by atoms with Crippen molar-refractivity contribution >= 4 is 15.9 Å². The Labute approximate surface area is 123 Å². The summed E-state index contributed by atoms with van der Waals surface area (Å²) in [5, 5.41) is 10.3. The first kappa shape index (κ1) is 15.1. The molecule has 0 aliphatic heterocycles. The highest BCUT2D eigenvalue weighted by Crippen LogP contribution is 2.37. The largest absolute Gasteiger partial charge is 0.417 e. The number of hydrogen-bond acceptors (Lipinski definition) is 1. The van der Waals surface area contributed by atoms with Crippen molar-refractivity contribution in [2.75, 3.05) is 0 Å². The zero-order valence-corrected chi connectivity index (χ0v) is 12.2. The molecule has 0 aromatic heterocycles. The molecule has 0 amide bonds. The molecule has 2 aromatic carbocycles. The van der Waals surface area contributed by atoms with Crippen molar-refractivity contribution in [2.24, 2.45) is 0 Å². The maximum absolute atomic E-state index is 12.9. The molecule has 0 saturated heterocycles. The number of halogens is 4. The van der Waals surface area contributed by atoms with Crippen LogP contribution in [-0.2, 0) is 6.18 Å². The van der Waals surface area contributed by atoms with Gasteiger partial charge >= 0.3 is 6.18 Å². The van der Waals surface area contributed by atoms with Gasteiger partial charge in [0, 0.05) is 4.47 Å². The van der Waals surface area contributed by atoms with Crippen molar-refractivity contribution in [3.63, 3.8) is 0 Å². The molecule has 2 rings (SSSR count). The van der Waals surface area contributed by atoms with E-state index >= 15 is 0 Å². The molecular formula is C15H12BrF3O. The average Bonchev–Trinajstić information content (AvgIpc) is 2.37. The predicted octanol–water partition coefficient (Wildman–Crippen LogP) is 4.86. The first-order valence-corrected chi connectivity index (χ1v) is 6.70. The van der Waals surface area contributed by atoms with Crippen molar-refractivity contribution in [3.05, 3.63) is 69.2 Å². The molecule has 0 bridgehead atoms. The Morgan fingerprint density at radius 3 is 2.35 bits per heavy atom. The molecule has 0 heterocycles. The molecule has 1 unspecified atom stereocenters. The maximum Gasteiger partial charge on any atom is 0.417 e. The number of aliphatic hydroxyl groups is 1. The predicted molar refractivity (Wildman–Crippen MR) is 74.4 cm³/mol. The van der Waals surface area contributed by atoms with Crippen molar-refractivity contribution in [1.29, 1.82) is 0 Å². The van der Waals surface area contributed by atoms with Gasteiger partial charge in [-0.1, -0.05) is 46.3 Å². The van der Waals surface area contributed by atoms with E-state index in [1.807, 2.05) is 19.1 Å². The lowest BCUT2D eigenvalue weighted by Gasteiger charge is -2.17. The van der Waals surface area contributed by atoms with E-state index in [1.54, 1.807) is 12.1 Å². The summed E-state index contributed by atoms with van der Waals surface area (Å²) in [4.78, 5) is 0. The lowest BCUT2D eigenvalue weighted by Crippen LogP contribution is -2.09. The minimum Gasteiger partial charge on any atom is -0.384 e. The third-order valence-electron chi connectivity index (χ3n) is 3.09. The zero-order valence-electron chi connectivity index (χ0n) is 10.6. The Morgan fingerprint density at radius 1 is 1.10 bits per heavy atom. The topological polar surface area (TPSA) is 20.2 Å². The highest BCUT2D eigenvalue weighted by Gasteiger charge is 2.33. The molecule has 0 fully saturated rings. The standard InChI is InChI=1S/C15H12BrF3O/c1-9-4-2-3-5-11(9)14(20)10-6-7-13(16)12(8-10)15(17,18)19/h2-8,14,20H,1H3. The van der Waals surface area contributed by atoms with E-state index in [2.05, 4.69) is 15.9 Å². The molecule has 0 aliphatic rings. The van der Waals surface area contributed by atoms with Crippen LogP contribution >= 0.6 is 15.9 Å². The molecular weight excluding hydrogens is 333 g/mol. The molecule has 0 spiro atoms. The Morgan fingerprint density at radius 2 is 1.75 bits per heavy atom. The molecule has 106 valence electrons. The highest BCUT2D eigenvalue weighted by atomic mass is 79.9. The van der Waals surface area contributed by atoms with Gasteiger partial charge in [0.05, 0.1) is 5.56 Å². The van der Waals surface area contributed by atoms with Crippen LogP contribution in [0.2, 0.25) is 0 Å². The zero-order chi connectivity index (χ0) is 14.9. The molecule has 0 saturated carbocycles. The smallest absolute Gasteiger partial charge is 0.384 e. The monoisotopic (exact) mass is 344 g/mol. The van der Waals surface area contributed by atoms with Crippen LogP contribution in [0, 0.1) is 6.92 Å².